The summed E-state index contributed by atoms with van der Waals surface area (Å²) in [7, 11) is -2.27. The highest BCUT2D eigenvalue weighted by atomic mass is 28.4. The maximum absolute atomic E-state index is 11.8. The van der Waals surface area contributed by atoms with Crippen molar-refractivity contribution in [3.05, 3.63) is 0 Å². The zero-order valence-electron chi connectivity index (χ0n) is 19.3. The van der Waals surface area contributed by atoms with Crippen molar-refractivity contribution < 1.29 is 47.3 Å². The van der Waals surface area contributed by atoms with Crippen molar-refractivity contribution in [3.63, 3.8) is 0 Å². The van der Waals surface area contributed by atoms with Gasteiger partial charge in [0.15, 0.2) is 32.9 Å². The monoisotopic (exact) mass is 462 g/mol. The Kier molecular flexibility index (Phi) is 10.6. The van der Waals surface area contributed by atoms with Crippen LogP contribution in [-0.4, -0.2) is 69.5 Å². The molecule has 0 aromatic carbocycles. The molecule has 11 heteroatoms. The van der Waals surface area contributed by atoms with E-state index in [0.717, 1.165) is 18.9 Å². The molecule has 178 valence electrons. The van der Waals surface area contributed by atoms with Gasteiger partial charge in [0.25, 0.3) is 0 Å². The molecule has 5 atom stereocenters. The zero-order valence-corrected chi connectivity index (χ0v) is 20.3. The average Bonchev–Trinajstić information content (AvgIpc) is 2.62. The summed E-state index contributed by atoms with van der Waals surface area (Å²) in [5, 5.41) is 0. The second kappa shape index (κ2) is 12.2. The standard InChI is InChI=1S/C20H34O10Si/c1-8-9-10-31(6,7)30-20-19(28-15(5)24)18(27-14(4)23)17(26-13(3)22)16(29-20)11-25-12(2)21/h16-20H,8-11H2,1-7H3. The predicted octanol–water partition coefficient (Wildman–Crippen LogP) is 2.09. The summed E-state index contributed by atoms with van der Waals surface area (Å²) in [4.78, 5) is 46.7. The van der Waals surface area contributed by atoms with Gasteiger partial charge in [0, 0.05) is 27.7 Å². The average molecular weight is 463 g/mol. The van der Waals surface area contributed by atoms with Gasteiger partial charge in [-0.1, -0.05) is 19.8 Å². The highest BCUT2D eigenvalue weighted by Gasteiger charge is 2.53. The van der Waals surface area contributed by atoms with Crippen molar-refractivity contribution in [2.75, 3.05) is 6.61 Å². The summed E-state index contributed by atoms with van der Waals surface area (Å²) in [5.41, 5.74) is 0. The molecule has 0 aliphatic carbocycles. The first-order chi connectivity index (χ1) is 14.4. The fourth-order valence-electron chi connectivity index (χ4n) is 3.26. The number of hydrogen-bond acceptors (Lipinski definition) is 10. The maximum Gasteiger partial charge on any atom is 0.303 e. The molecule has 1 rings (SSSR count). The van der Waals surface area contributed by atoms with E-state index in [9.17, 15) is 19.2 Å². The number of hydrogen-bond donors (Lipinski definition) is 0. The molecule has 0 aromatic rings. The number of rotatable bonds is 10. The molecule has 1 saturated heterocycles. The van der Waals surface area contributed by atoms with Crippen molar-refractivity contribution in [2.24, 2.45) is 0 Å². The van der Waals surface area contributed by atoms with Crippen LogP contribution in [0.15, 0.2) is 0 Å². The van der Waals surface area contributed by atoms with E-state index in [-0.39, 0.29) is 6.61 Å². The van der Waals surface area contributed by atoms with Gasteiger partial charge in [-0.25, -0.2) is 0 Å². The second-order valence-electron chi connectivity index (χ2n) is 8.05. The first kappa shape index (κ1) is 27.1. The van der Waals surface area contributed by atoms with Crippen LogP contribution in [0.4, 0.5) is 0 Å². The molecule has 0 spiro atoms. The smallest absolute Gasteiger partial charge is 0.303 e. The number of unbranched alkanes of at least 4 members (excludes halogenated alkanes) is 1. The molecular formula is C20H34O10Si. The lowest BCUT2D eigenvalue weighted by atomic mass is 9.98. The summed E-state index contributed by atoms with van der Waals surface area (Å²) >= 11 is 0. The number of ether oxygens (including phenoxy) is 5. The topological polar surface area (TPSA) is 124 Å². The lowest BCUT2D eigenvalue weighted by Gasteiger charge is -2.45. The summed E-state index contributed by atoms with van der Waals surface area (Å²) in [6, 6.07) is 0.830. The SMILES string of the molecule is CCCC[Si](C)(C)OC1OC(COC(C)=O)C(OC(C)=O)C(OC(C)=O)C1OC(C)=O. The molecule has 0 bridgehead atoms. The number of esters is 4. The first-order valence-corrected chi connectivity index (χ1v) is 13.5. The third-order valence-corrected chi connectivity index (χ3v) is 6.94. The first-order valence-electron chi connectivity index (χ1n) is 10.3. The normalized spacial score (nSPS) is 26.0. The molecule has 1 aliphatic rings. The van der Waals surface area contributed by atoms with Crippen LogP contribution in [0.2, 0.25) is 19.1 Å². The Balaban J connectivity index is 3.34. The molecule has 31 heavy (non-hydrogen) atoms. The van der Waals surface area contributed by atoms with E-state index in [4.69, 9.17) is 28.1 Å². The van der Waals surface area contributed by atoms with Crippen molar-refractivity contribution in [1.82, 2.24) is 0 Å². The van der Waals surface area contributed by atoms with E-state index in [1.54, 1.807) is 0 Å². The molecule has 0 radical (unpaired) electrons. The van der Waals surface area contributed by atoms with Gasteiger partial charge in [0.05, 0.1) is 0 Å². The molecule has 0 saturated carbocycles. The quantitative estimate of drug-likeness (QED) is 0.271. The van der Waals surface area contributed by atoms with Crippen LogP contribution < -0.4 is 0 Å². The lowest BCUT2D eigenvalue weighted by Crippen LogP contribution is -2.64. The maximum atomic E-state index is 11.8. The van der Waals surface area contributed by atoms with Crippen LogP contribution in [0.1, 0.15) is 47.5 Å². The van der Waals surface area contributed by atoms with E-state index >= 15 is 0 Å². The minimum absolute atomic E-state index is 0.269. The van der Waals surface area contributed by atoms with Gasteiger partial charge in [-0.2, -0.15) is 0 Å². The summed E-state index contributed by atoms with van der Waals surface area (Å²) in [6.45, 7) is 10.6. The molecule has 1 aliphatic heterocycles. The van der Waals surface area contributed by atoms with Gasteiger partial charge in [-0.05, 0) is 19.1 Å². The minimum Gasteiger partial charge on any atom is -0.463 e. The Labute approximate surface area is 183 Å². The number of carbonyl (C=O) groups excluding carboxylic acids is 4. The Morgan fingerprint density at radius 2 is 1.32 bits per heavy atom. The van der Waals surface area contributed by atoms with Crippen LogP contribution in [0.25, 0.3) is 0 Å². The minimum atomic E-state index is -2.27. The summed E-state index contributed by atoms with van der Waals surface area (Å²) in [6.07, 6.45) is -3.72. The number of carbonyl (C=O) groups is 4. The van der Waals surface area contributed by atoms with Crippen LogP contribution >= 0.6 is 0 Å². The molecular weight excluding hydrogens is 428 g/mol. The van der Waals surface area contributed by atoms with Crippen molar-refractivity contribution in [3.8, 4) is 0 Å². The van der Waals surface area contributed by atoms with Crippen LogP contribution in [-0.2, 0) is 47.3 Å². The third-order valence-electron chi connectivity index (χ3n) is 4.52. The van der Waals surface area contributed by atoms with Gasteiger partial charge < -0.3 is 28.1 Å². The fraction of sp³-hybridized carbons (Fsp3) is 0.800. The van der Waals surface area contributed by atoms with Gasteiger partial charge in [0.2, 0.25) is 0 Å². The van der Waals surface area contributed by atoms with Crippen LogP contribution in [0, 0.1) is 0 Å². The van der Waals surface area contributed by atoms with Crippen molar-refractivity contribution in [1.29, 1.82) is 0 Å². The third kappa shape index (κ3) is 9.36. The Hall–Kier alpha value is -1.98. The molecule has 1 fully saturated rings. The molecule has 1 heterocycles. The van der Waals surface area contributed by atoms with E-state index < -0.39 is 62.9 Å². The Morgan fingerprint density at radius 1 is 0.806 bits per heavy atom. The van der Waals surface area contributed by atoms with Gasteiger partial charge in [-0.3, -0.25) is 19.2 Å². The second-order valence-corrected chi connectivity index (χ2v) is 12.3. The van der Waals surface area contributed by atoms with Crippen LogP contribution in [0.5, 0.6) is 0 Å². The Bertz CT molecular complexity index is 650. The molecule has 0 amide bonds. The highest BCUT2D eigenvalue weighted by Crippen LogP contribution is 2.32. The van der Waals surface area contributed by atoms with E-state index in [0.29, 0.717) is 0 Å². The molecule has 0 N–H and O–H groups in total. The molecule has 5 unspecified atom stereocenters. The Morgan fingerprint density at radius 3 is 1.81 bits per heavy atom. The van der Waals surface area contributed by atoms with Crippen LogP contribution in [0.3, 0.4) is 0 Å². The molecule has 10 nitrogen and oxygen atoms in total. The zero-order chi connectivity index (χ0) is 23.8. The lowest BCUT2D eigenvalue weighted by molar-refractivity contribution is -0.291. The largest absolute Gasteiger partial charge is 0.463 e. The van der Waals surface area contributed by atoms with Crippen molar-refractivity contribution in [2.45, 2.75) is 97.3 Å². The van der Waals surface area contributed by atoms with Gasteiger partial charge in [-0.15, -0.1) is 0 Å². The van der Waals surface area contributed by atoms with Gasteiger partial charge >= 0.3 is 23.9 Å². The van der Waals surface area contributed by atoms with E-state index in [2.05, 4.69) is 6.92 Å². The summed E-state index contributed by atoms with van der Waals surface area (Å²) in [5.74, 6) is -2.55. The van der Waals surface area contributed by atoms with Crippen molar-refractivity contribution >= 4 is 32.2 Å². The molecule has 0 aromatic heterocycles. The summed E-state index contributed by atoms with van der Waals surface area (Å²) < 4.78 is 33.5. The van der Waals surface area contributed by atoms with Gasteiger partial charge in [0.1, 0.15) is 12.7 Å². The highest BCUT2D eigenvalue weighted by molar-refractivity contribution is 6.71. The fourth-order valence-corrected chi connectivity index (χ4v) is 5.40. The van der Waals surface area contributed by atoms with E-state index in [1.807, 2.05) is 13.1 Å². The van der Waals surface area contributed by atoms with E-state index in [1.165, 1.54) is 27.7 Å². The predicted molar refractivity (Wildman–Crippen MR) is 110 cm³/mol.